The van der Waals surface area contributed by atoms with Gasteiger partial charge >= 0.3 is 0 Å². The molecule has 0 bridgehead atoms. The van der Waals surface area contributed by atoms with Crippen LogP contribution in [0, 0.1) is 18.8 Å². The Hall–Kier alpha value is -2.79. The zero-order valence-corrected chi connectivity index (χ0v) is 21.3. The highest BCUT2D eigenvalue weighted by Gasteiger charge is 2.25. The number of carbonyl (C=O) groups excluding carboxylic acids is 1. The quantitative estimate of drug-likeness (QED) is 0.406. The Bertz CT molecular complexity index is 1150. The summed E-state index contributed by atoms with van der Waals surface area (Å²) in [7, 11) is 0. The third kappa shape index (κ3) is 5.72. The van der Waals surface area contributed by atoms with E-state index in [1.54, 1.807) is 0 Å². The van der Waals surface area contributed by atoms with Crippen LogP contribution in [0.2, 0.25) is 0 Å². The van der Waals surface area contributed by atoms with E-state index in [2.05, 4.69) is 60.1 Å². The minimum Gasteiger partial charge on any atom is -0.493 e. The number of nitrogens with zero attached hydrogens (tertiary/aromatic N) is 2. The molecule has 0 saturated carbocycles. The summed E-state index contributed by atoms with van der Waals surface area (Å²) in [4.78, 5) is 19.9. The number of aromatic nitrogens is 1. The number of amides is 1. The summed E-state index contributed by atoms with van der Waals surface area (Å²) >= 11 is 0. The van der Waals surface area contributed by atoms with Gasteiger partial charge in [0, 0.05) is 37.9 Å². The van der Waals surface area contributed by atoms with Crippen LogP contribution in [0.3, 0.4) is 0 Å². The number of rotatable bonds is 9. The van der Waals surface area contributed by atoms with Gasteiger partial charge in [0.1, 0.15) is 5.75 Å². The number of ether oxygens (including phenoxy) is 1. The molecular formula is C30H39N3O2. The maximum atomic E-state index is 11.9. The number of para-hydroxylation sites is 1. The van der Waals surface area contributed by atoms with Gasteiger partial charge in [0.25, 0.3) is 0 Å². The van der Waals surface area contributed by atoms with Gasteiger partial charge in [-0.15, -0.1) is 0 Å². The van der Waals surface area contributed by atoms with Crippen LogP contribution in [0.15, 0.2) is 42.6 Å². The summed E-state index contributed by atoms with van der Waals surface area (Å²) in [6.45, 7) is 10.0. The largest absolute Gasteiger partial charge is 0.493 e. The van der Waals surface area contributed by atoms with Crippen LogP contribution in [0.1, 0.15) is 54.9 Å². The molecule has 5 nitrogen and oxygen atoms in total. The standard InChI is InChI=1S/C30H39N3O2/c1-22(14-24-10-12-32(18-24)20-27-7-5-6-26-9-11-31-30(26)27)17-33(21-34)19-25-15-23(2)28-8-3-4-13-35-29(28)16-25/h5-7,9,11,15-16,21-22,24,31H,3-4,8,10,12-14,17-20H2,1-2H3. The van der Waals surface area contributed by atoms with Gasteiger partial charge in [0.2, 0.25) is 6.41 Å². The van der Waals surface area contributed by atoms with E-state index >= 15 is 0 Å². The van der Waals surface area contributed by atoms with E-state index in [0.29, 0.717) is 18.4 Å². The molecule has 1 saturated heterocycles. The van der Waals surface area contributed by atoms with Gasteiger partial charge in [-0.25, -0.2) is 0 Å². The second-order valence-electron chi connectivity index (χ2n) is 10.8. The van der Waals surface area contributed by atoms with Crippen molar-refractivity contribution in [2.75, 3.05) is 26.2 Å². The number of benzene rings is 2. The first-order valence-corrected chi connectivity index (χ1v) is 13.3. The van der Waals surface area contributed by atoms with Gasteiger partial charge in [0.15, 0.2) is 0 Å². The third-order valence-corrected chi connectivity index (χ3v) is 7.82. The molecule has 2 aromatic carbocycles. The fourth-order valence-corrected chi connectivity index (χ4v) is 6.18. The lowest BCUT2D eigenvalue weighted by atomic mass is 9.94. The van der Waals surface area contributed by atoms with Crippen LogP contribution in [-0.4, -0.2) is 47.4 Å². The molecule has 2 aliphatic heterocycles. The number of nitrogens with one attached hydrogen (secondary N) is 1. The van der Waals surface area contributed by atoms with Crippen molar-refractivity contribution in [1.29, 1.82) is 0 Å². The van der Waals surface area contributed by atoms with Crippen LogP contribution >= 0.6 is 0 Å². The van der Waals surface area contributed by atoms with Crippen molar-refractivity contribution in [2.24, 2.45) is 11.8 Å². The van der Waals surface area contributed by atoms with Crippen molar-refractivity contribution in [1.82, 2.24) is 14.8 Å². The Morgan fingerprint density at radius 2 is 2.17 bits per heavy atom. The molecule has 0 radical (unpaired) electrons. The SMILES string of the molecule is Cc1cc(CN(C=O)CC(C)CC2CCN(Cc3cccc4cc[nH]c34)C2)cc2c1CCCCO2. The van der Waals surface area contributed by atoms with Crippen LogP contribution in [-0.2, 0) is 24.3 Å². The molecule has 2 unspecified atom stereocenters. The molecule has 0 spiro atoms. The number of H-pyrrole nitrogens is 1. The Morgan fingerprint density at radius 3 is 3.06 bits per heavy atom. The number of hydrogen-bond acceptors (Lipinski definition) is 3. The van der Waals surface area contributed by atoms with Crippen molar-refractivity contribution >= 4 is 17.3 Å². The Balaban J connectivity index is 1.14. The number of fused-ring (bicyclic) bond motifs is 2. The van der Waals surface area contributed by atoms with Gasteiger partial charge in [0.05, 0.1) is 6.61 Å². The molecule has 35 heavy (non-hydrogen) atoms. The summed E-state index contributed by atoms with van der Waals surface area (Å²) in [5.41, 5.74) is 6.46. The smallest absolute Gasteiger partial charge is 0.210 e. The Kier molecular flexibility index (Phi) is 7.43. The van der Waals surface area contributed by atoms with Crippen molar-refractivity contribution in [3.05, 3.63) is 64.8 Å². The number of carbonyl (C=O) groups is 1. The molecule has 1 aromatic heterocycles. The van der Waals surface area contributed by atoms with Gasteiger partial charge in [-0.3, -0.25) is 9.69 Å². The molecule has 3 heterocycles. The lowest BCUT2D eigenvalue weighted by molar-refractivity contribution is -0.119. The summed E-state index contributed by atoms with van der Waals surface area (Å²) < 4.78 is 6.01. The number of aromatic amines is 1. The molecule has 1 amide bonds. The van der Waals surface area contributed by atoms with E-state index in [-0.39, 0.29) is 0 Å². The number of likely N-dealkylation sites (tertiary alicyclic amines) is 1. The van der Waals surface area contributed by atoms with Gasteiger partial charge in [-0.2, -0.15) is 0 Å². The molecule has 1 N–H and O–H groups in total. The first-order chi connectivity index (χ1) is 17.1. The highest BCUT2D eigenvalue weighted by atomic mass is 16.5. The van der Waals surface area contributed by atoms with Crippen molar-refractivity contribution in [3.8, 4) is 5.75 Å². The summed E-state index contributed by atoms with van der Waals surface area (Å²) in [6, 6.07) is 13.1. The lowest BCUT2D eigenvalue weighted by Gasteiger charge is -2.25. The van der Waals surface area contributed by atoms with E-state index in [1.807, 2.05) is 11.1 Å². The predicted octanol–water partition coefficient (Wildman–Crippen LogP) is 5.70. The lowest BCUT2D eigenvalue weighted by Crippen LogP contribution is -2.28. The van der Waals surface area contributed by atoms with Crippen LogP contribution in [0.4, 0.5) is 0 Å². The summed E-state index contributed by atoms with van der Waals surface area (Å²) in [6.07, 6.45) is 8.85. The maximum absolute atomic E-state index is 11.9. The molecule has 2 aliphatic rings. The zero-order chi connectivity index (χ0) is 24.2. The number of hydrogen-bond donors (Lipinski definition) is 1. The first kappa shape index (κ1) is 23.9. The predicted molar refractivity (Wildman–Crippen MR) is 142 cm³/mol. The molecular weight excluding hydrogens is 434 g/mol. The molecule has 5 rings (SSSR count). The minimum absolute atomic E-state index is 0.482. The Morgan fingerprint density at radius 1 is 1.26 bits per heavy atom. The molecule has 186 valence electrons. The van der Waals surface area contributed by atoms with E-state index in [0.717, 1.165) is 57.8 Å². The second-order valence-corrected chi connectivity index (χ2v) is 10.8. The van der Waals surface area contributed by atoms with E-state index in [4.69, 9.17) is 4.74 Å². The summed E-state index contributed by atoms with van der Waals surface area (Å²) in [5, 5.41) is 1.29. The van der Waals surface area contributed by atoms with Crippen LogP contribution in [0.25, 0.3) is 10.9 Å². The average molecular weight is 474 g/mol. The highest BCUT2D eigenvalue weighted by molar-refractivity contribution is 5.82. The average Bonchev–Trinajstić information content (AvgIpc) is 3.43. The fraction of sp³-hybridized carbons (Fsp3) is 0.500. The van der Waals surface area contributed by atoms with E-state index in [9.17, 15) is 4.79 Å². The maximum Gasteiger partial charge on any atom is 0.210 e. The topological polar surface area (TPSA) is 48.6 Å². The molecule has 0 aliphatic carbocycles. The van der Waals surface area contributed by atoms with Crippen molar-refractivity contribution in [3.63, 3.8) is 0 Å². The second kappa shape index (κ2) is 10.9. The van der Waals surface area contributed by atoms with Gasteiger partial charge in [-0.05, 0) is 97.2 Å². The molecule has 1 fully saturated rings. The third-order valence-electron chi connectivity index (χ3n) is 7.82. The summed E-state index contributed by atoms with van der Waals surface area (Å²) in [5.74, 6) is 2.21. The molecule has 2 atom stereocenters. The van der Waals surface area contributed by atoms with E-state index in [1.165, 1.54) is 52.4 Å². The first-order valence-electron chi connectivity index (χ1n) is 13.3. The van der Waals surface area contributed by atoms with E-state index < -0.39 is 0 Å². The highest BCUT2D eigenvalue weighted by Crippen LogP contribution is 2.30. The zero-order valence-electron chi connectivity index (χ0n) is 21.3. The monoisotopic (exact) mass is 473 g/mol. The van der Waals surface area contributed by atoms with Crippen LogP contribution in [0.5, 0.6) is 5.75 Å². The van der Waals surface area contributed by atoms with Gasteiger partial charge in [-0.1, -0.05) is 31.2 Å². The minimum atomic E-state index is 0.482. The molecule has 5 heteroatoms. The van der Waals surface area contributed by atoms with Gasteiger partial charge < -0.3 is 14.6 Å². The molecule has 3 aromatic rings. The fourth-order valence-electron chi connectivity index (χ4n) is 6.18. The number of aryl methyl sites for hydroxylation is 1. The normalized spacial score (nSPS) is 19.2. The van der Waals surface area contributed by atoms with Crippen molar-refractivity contribution in [2.45, 2.75) is 59.0 Å². The van der Waals surface area contributed by atoms with Crippen LogP contribution < -0.4 is 4.74 Å². The Labute approximate surface area is 209 Å². The van der Waals surface area contributed by atoms with Crippen molar-refractivity contribution < 1.29 is 9.53 Å².